The van der Waals surface area contributed by atoms with Gasteiger partial charge in [0.05, 0.1) is 16.3 Å². The third kappa shape index (κ3) is 3.84. The van der Waals surface area contributed by atoms with Gasteiger partial charge in [0.15, 0.2) is 0 Å². The van der Waals surface area contributed by atoms with E-state index in [2.05, 4.69) is 5.32 Å². The van der Waals surface area contributed by atoms with E-state index in [1.807, 2.05) is 0 Å². The summed E-state index contributed by atoms with van der Waals surface area (Å²) >= 11 is 12.1. The molecule has 1 N–H and O–H groups in total. The Morgan fingerprint density at radius 2 is 1.88 bits per heavy atom. The monoisotopic (exact) mass is 390 g/mol. The maximum Gasteiger partial charge on any atom is 0.255 e. The summed E-state index contributed by atoms with van der Waals surface area (Å²) in [6, 6.07) is 9.96. The lowest BCUT2D eigenvalue weighted by Crippen LogP contribution is -2.23. The number of carbonyl (C=O) groups is 2. The summed E-state index contributed by atoms with van der Waals surface area (Å²) in [7, 11) is 3.31. The molecule has 0 saturated heterocycles. The molecule has 0 bridgehead atoms. The fraction of sp³-hybridized carbons (Fsp3) is 0.158. The van der Waals surface area contributed by atoms with Crippen molar-refractivity contribution in [1.82, 2.24) is 4.90 Å². The van der Waals surface area contributed by atoms with Crippen molar-refractivity contribution in [2.45, 2.75) is 0 Å². The maximum atomic E-state index is 12.6. The van der Waals surface area contributed by atoms with Gasteiger partial charge in [0, 0.05) is 30.2 Å². The molecule has 0 spiro atoms. The molecule has 3 rings (SSSR count). The van der Waals surface area contributed by atoms with Gasteiger partial charge in [0.2, 0.25) is 0 Å². The zero-order valence-electron chi connectivity index (χ0n) is 14.2. The minimum absolute atomic E-state index is 0.133. The summed E-state index contributed by atoms with van der Waals surface area (Å²) in [5.41, 5.74) is 1.96. The summed E-state index contributed by atoms with van der Waals surface area (Å²) in [6.07, 6.45) is 1.72. The maximum absolute atomic E-state index is 12.6. The highest BCUT2D eigenvalue weighted by molar-refractivity contribution is 6.34. The fourth-order valence-corrected chi connectivity index (χ4v) is 2.84. The molecule has 2 amide bonds. The van der Waals surface area contributed by atoms with E-state index in [1.165, 1.54) is 4.90 Å². The molecular formula is C19H16Cl2N2O3. The molecule has 7 heteroatoms. The van der Waals surface area contributed by atoms with Gasteiger partial charge in [-0.05, 0) is 42.5 Å². The lowest BCUT2D eigenvalue weighted by Gasteiger charge is -2.18. The third-order valence-electron chi connectivity index (χ3n) is 3.84. The summed E-state index contributed by atoms with van der Waals surface area (Å²) in [6.45, 7) is 0.133. The van der Waals surface area contributed by atoms with E-state index in [9.17, 15) is 9.59 Å². The van der Waals surface area contributed by atoms with Crippen molar-refractivity contribution >= 4 is 46.8 Å². The number of fused-ring (bicyclic) bond motifs is 1. The van der Waals surface area contributed by atoms with Crippen LogP contribution in [0, 0.1) is 0 Å². The third-order valence-corrected chi connectivity index (χ3v) is 4.41. The van der Waals surface area contributed by atoms with Crippen LogP contribution >= 0.6 is 23.2 Å². The van der Waals surface area contributed by atoms with Gasteiger partial charge >= 0.3 is 0 Å². The second-order valence-corrected chi connectivity index (χ2v) is 6.83. The Hall–Kier alpha value is -2.50. The van der Waals surface area contributed by atoms with Crippen molar-refractivity contribution < 1.29 is 14.3 Å². The van der Waals surface area contributed by atoms with Gasteiger partial charge in [-0.25, -0.2) is 0 Å². The molecule has 1 aliphatic rings. The summed E-state index contributed by atoms with van der Waals surface area (Å²) < 4.78 is 5.59. The van der Waals surface area contributed by atoms with E-state index >= 15 is 0 Å². The fourth-order valence-electron chi connectivity index (χ4n) is 2.49. The van der Waals surface area contributed by atoms with Crippen LogP contribution in [0.15, 0.2) is 42.0 Å². The number of hydrogen-bond donors (Lipinski definition) is 1. The van der Waals surface area contributed by atoms with Gasteiger partial charge in [0.1, 0.15) is 12.4 Å². The van der Waals surface area contributed by atoms with Crippen LogP contribution in [0.4, 0.5) is 5.69 Å². The number of rotatable bonds is 3. The Morgan fingerprint density at radius 3 is 2.62 bits per heavy atom. The zero-order chi connectivity index (χ0) is 18.8. The number of anilines is 1. The molecule has 0 fully saturated rings. The molecule has 0 aliphatic carbocycles. The quantitative estimate of drug-likeness (QED) is 0.857. The SMILES string of the molecule is CN(C)C(=O)c1ccc(Cl)c(NC(=O)C2=Cc3cc(Cl)ccc3OC2)c1. The van der Waals surface area contributed by atoms with E-state index in [-0.39, 0.29) is 18.4 Å². The molecule has 1 heterocycles. The molecular weight excluding hydrogens is 375 g/mol. The molecule has 2 aromatic rings. The van der Waals surface area contributed by atoms with E-state index < -0.39 is 0 Å². The van der Waals surface area contributed by atoms with Crippen LogP contribution in [0.25, 0.3) is 6.08 Å². The first-order valence-corrected chi connectivity index (χ1v) is 8.56. The van der Waals surface area contributed by atoms with E-state index in [4.69, 9.17) is 27.9 Å². The van der Waals surface area contributed by atoms with Crippen molar-refractivity contribution in [2.24, 2.45) is 0 Å². The van der Waals surface area contributed by atoms with Crippen molar-refractivity contribution in [1.29, 1.82) is 0 Å². The molecule has 5 nitrogen and oxygen atoms in total. The van der Waals surface area contributed by atoms with Crippen LogP contribution in [0.3, 0.4) is 0 Å². The van der Waals surface area contributed by atoms with Crippen LogP contribution in [0.2, 0.25) is 10.0 Å². The molecule has 134 valence electrons. The molecule has 2 aromatic carbocycles. The highest BCUT2D eigenvalue weighted by Crippen LogP contribution is 2.30. The zero-order valence-corrected chi connectivity index (χ0v) is 15.7. The topological polar surface area (TPSA) is 58.6 Å². The Balaban J connectivity index is 1.84. The van der Waals surface area contributed by atoms with Gasteiger partial charge in [-0.1, -0.05) is 23.2 Å². The van der Waals surface area contributed by atoms with Gasteiger partial charge in [-0.15, -0.1) is 0 Å². The molecule has 0 unspecified atom stereocenters. The predicted octanol–water partition coefficient (Wildman–Crippen LogP) is 4.11. The lowest BCUT2D eigenvalue weighted by molar-refractivity contribution is -0.113. The second kappa shape index (κ2) is 7.40. The van der Waals surface area contributed by atoms with Crippen LogP contribution in [0.5, 0.6) is 5.75 Å². The van der Waals surface area contributed by atoms with Crippen molar-refractivity contribution in [3.63, 3.8) is 0 Å². The Morgan fingerprint density at radius 1 is 1.12 bits per heavy atom. The number of carbonyl (C=O) groups excluding carboxylic acids is 2. The Bertz CT molecular complexity index is 923. The Labute approximate surface area is 161 Å². The smallest absolute Gasteiger partial charge is 0.255 e. The molecule has 0 radical (unpaired) electrons. The minimum Gasteiger partial charge on any atom is -0.488 e. The summed E-state index contributed by atoms with van der Waals surface area (Å²) in [5.74, 6) is 0.135. The van der Waals surface area contributed by atoms with Crippen LogP contribution in [-0.4, -0.2) is 37.4 Å². The number of benzene rings is 2. The molecule has 1 aliphatic heterocycles. The molecule has 26 heavy (non-hydrogen) atoms. The predicted molar refractivity (Wildman–Crippen MR) is 103 cm³/mol. The van der Waals surface area contributed by atoms with Gasteiger partial charge in [0.25, 0.3) is 11.8 Å². The normalized spacial score (nSPS) is 12.5. The largest absolute Gasteiger partial charge is 0.488 e. The Kier molecular flexibility index (Phi) is 5.20. The van der Waals surface area contributed by atoms with Gasteiger partial charge in [-0.3, -0.25) is 9.59 Å². The van der Waals surface area contributed by atoms with Crippen LogP contribution < -0.4 is 10.1 Å². The average Bonchev–Trinajstić information content (AvgIpc) is 2.62. The molecule has 0 saturated carbocycles. The van der Waals surface area contributed by atoms with Crippen LogP contribution in [0.1, 0.15) is 15.9 Å². The van der Waals surface area contributed by atoms with Crippen molar-refractivity contribution in [3.05, 3.63) is 63.1 Å². The number of hydrogen-bond acceptors (Lipinski definition) is 3. The molecule has 0 atom stereocenters. The highest BCUT2D eigenvalue weighted by Gasteiger charge is 2.19. The van der Waals surface area contributed by atoms with Gasteiger partial charge < -0.3 is 15.0 Å². The van der Waals surface area contributed by atoms with Crippen molar-refractivity contribution in [2.75, 3.05) is 26.0 Å². The number of amides is 2. The van der Waals surface area contributed by atoms with E-state index in [0.29, 0.717) is 32.6 Å². The summed E-state index contributed by atoms with van der Waals surface area (Å²) in [4.78, 5) is 26.1. The standard InChI is InChI=1S/C19H16Cl2N2O3/c1-23(2)19(25)11-3-5-15(21)16(9-11)22-18(24)13-7-12-8-14(20)4-6-17(12)26-10-13/h3-9H,10H2,1-2H3,(H,22,24). The van der Waals surface area contributed by atoms with E-state index in [1.54, 1.807) is 56.6 Å². The highest BCUT2D eigenvalue weighted by atomic mass is 35.5. The number of halogens is 2. The number of ether oxygens (including phenoxy) is 1. The second-order valence-electron chi connectivity index (χ2n) is 5.99. The first-order valence-electron chi connectivity index (χ1n) is 7.80. The average molecular weight is 391 g/mol. The first-order chi connectivity index (χ1) is 12.3. The number of nitrogens with zero attached hydrogens (tertiary/aromatic N) is 1. The summed E-state index contributed by atoms with van der Waals surface area (Å²) in [5, 5.41) is 3.64. The van der Waals surface area contributed by atoms with Crippen molar-refractivity contribution in [3.8, 4) is 5.75 Å². The van der Waals surface area contributed by atoms with Crippen LogP contribution in [-0.2, 0) is 4.79 Å². The minimum atomic E-state index is -0.355. The van der Waals surface area contributed by atoms with Gasteiger partial charge in [-0.2, -0.15) is 0 Å². The lowest BCUT2D eigenvalue weighted by atomic mass is 10.1. The van der Waals surface area contributed by atoms with E-state index in [0.717, 1.165) is 5.56 Å². The first kappa shape index (κ1) is 18.3. The number of nitrogens with one attached hydrogen (secondary N) is 1. The molecule has 0 aromatic heterocycles.